The van der Waals surface area contributed by atoms with Crippen molar-refractivity contribution in [1.29, 1.82) is 0 Å². The van der Waals surface area contributed by atoms with E-state index < -0.39 is 0 Å². The monoisotopic (exact) mass is 326 g/mol. The van der Waals surface area contributed by atoms with Crippen LogP contribution in [0.4, 0.5) is 5.69 Å². The van der Waals surface area contributed by atoms with Gasteiger partial charge in [0.05, 0.1) is 0 Å². The van der Waals surface area contributed by atoms with E-state index in [0.717, 1.165) is 35.2 Å². The number of anilines is 1. The molecule has 0 bridgehead atoms. The second-order valence-corrected chi connectivity index (χ2v) is 6.11. The first-order valence-corrected chi connectivity index (χ1v) is 7.55. The van der Waals surface area contributed by atoms with E-state index in [4.69, 9.17) is 0 Å². The number of carbonyl (C=O) groups is 1. The SMILES string of the molecule is Cc1cc(Br)ccc1NC(=O)CCNCCC(C)C. The zero-order chi connectivity index (χ0) is 14.3. The predicted octanol–water partition coefficient (Wildman–Crippen LogP) is 3.72. The van der Waals surface area contributed by atoms with Gasteiger partial charge >= 0.3 is 0 Å². The summed E-state index contributed by atoms with van der Waals surface area (Å²) >= 11 is 3.41. The Morgan fingerprint density at radius 3 is 2.68 bits per heavy atom. The minimum atomic E-state index is 0.0578. The fourth-order valence-electron chi connectivity index (χ4n) is 1.70. The molecule has 0 aliphatic heterocycles. The second-order valence-electron chi connectivity index (χ2n) is 5.19. The van der Waals surface area contributed by atoms with Crippen molar-refractivity contribution >= 4 is 27.5 Å². The molecule has 3 nitrogen and oxygen atoms in total. The molecule has 0 unspecified atom stereocenters. The van der Waals surface area contributed by atoms with E-state index in [0.29, 0.717) is 12.3 Å². The van der Waals surface area contributed by atoms with Crippen LogP contribution < -0.4 is 10.6 Å². The molecule has 1 amide bonds. The quantitative estimate of drug-likeness (QED) is 0.750. The zero-order valence-electron chi connectivity index (χ0n) is 11.9. The molecule has 0 aliphatic carbocycles. The van der Waals surface area contributed by atoms with Crippen LogP contribution in [0.1, 0.15) is 32.3 Å². The summed E-state index contributed by atoms with van der Waals surface area (Å²) in [6.45, 7) is 8.09. The van der Waals surface area contributed by atoms with Crippen LogP contribution in [0.3, 0.4) is 0 Å². The van der Waals surface area contributed by atoms with Gasteiger partial charge in [-0.2, -0.15) is 0 Å². The molecule has 0 atom stereocenters. The largest absolute Gasteiger partial charge is 0.326 e. The van der Waals surface area contributed by atoms with Crippen molar-refractivity contribution < 1.29 is 4.79 Å². The van der Waals surface area contributed by atoms with Gasteiger partial charge in [-0.25, -0.2) is 0 Å². The van der Waals surface area contributed by atoms with Gasteiger partial charge in [-0.1, -0.05) is 29.8 Å². The first-order valence-electron chi connectivity index (χ1n) is 6.75. The summed E-state index contributed by atoms with van der Waals surface area (Å²) in [7, 11) is 0. The molecule has 1 aromatic rings. The van der Waals surface area contributed by atoms with Gasteiger partial charge in [-0.05, 0) is 49.6 Å². The van der Waals surface area contributed by atoms with E-state index in [1.165, 1.54) is 0 Å². The number of hydrogen-bond acceptors (Lipinski definition) is 2. The summed E-state index contributed by atoms with van der Waals surface area (Å²) in [5, 5.41) is 6.23. The maximum Gasteiger partial charge on any atom is 0.225 e. The molecule has 106 valence electrons. The van der Waals surface area contributed by atoms with E-state index in [1.807, 2.05) is 25.1 Å². The van der Waals surface area contributed by atoms with Crippen molar-refractivity contribution in [2.24, 2.45) is 5.92 Å². The lowest BCUT2D eigenvalue weighted by atomic mass is 10.1. The number of carbonyl (C=O) groups excluding carboxylic acids is 1. The van der Waals surface area contributed by atoms with Crippen LogP contribution >= 0.6 is 15.9 Å². The third-order valence-electron chi connectivity index (χ3n) is 2.89. The molecule has 0 saturated carbocycles. The number of amides is 1. The van der Waals surface area contributed by atoms with Crippen LogP contribution in [0.2, 0.25) is 0 Å². The highest BCUT2D eigenvalue weighted by Crippen LogP contribution is 2.19. The maximum absolute atomic E-state index is 11.8. The van der Waals surface area contributed by atoms with E-state index in [9.17, 15) is 4.79 Å². The molecule has 0 radical (unpaired) electrons. The van der Waals surface area contributed by atoms with Gasteiger partial charge in [0.25, 0.3) is 0 Å². The Labute approximate surface area is 124 Å². The molecule has 0 aliphatic rings. The van der Waals surface area contributed by atoms with Crippen LogP contribution in [-0.2, 0) is 4.79 Å². The zero-order valence-corrected chi connectivity index (χ0v) is 13.5. The predicted molar refractivity (Wildman–Crippen MR) is 84.5 cm³/mol. The molecule has 1 rings (SSSR count). The second kappa shape index (κ2) is 8.33. The Balaban J connectivity index is 2.27. The smallest absolute Gasteiger partial charge is 0.225 e. The Morgan fingerprint density at radius 2 is 2.05 bits per heavy atom. The third kappa shape index (κ3) is 6.73. The molecule has 1 aromatic carbocycles. The Bertz CT molecular complexity index is 419. The van der Waals surface area contributed by atoms with Crippen LogP contribution in [0.15, 0.2) is 22.7 Å². The Kier molecular flexibility index (Phi) is 7.10. The summed E-state index contributed by atoms with van der Waals surface area (Å²) in [4.78, 5) is 11.8. The fourth-order valence-corrected chi connectivity index (χ4v) is 2.17. The van der Waals surface area contributed by atoms with Gasteiger partial charge in [0, 0.05) is 23.1 Å². The van der Waals surface area contributed by atoms with Gasteiger partial charge in [-0.3, -0.25) is 4.79 Å². The normalized spacial score (nSPS) is 10.8. The van der Waals surface area contributed by atoms with Crippen molar-refractivity contribution in [3.05, 3.63) is 28.2 Å². The molecule has 0 spiro atoms. The highest BCUT2D eigenvalue weighted by atomic mass is 79.9. The van der Waals surface area contributed by atoms with Gasteiger partial charge in [0.15, 0.2) is 0 Å². The average molecular weight is 327 g/mol. The number of nitrogens with one attached hydrogen (secondary N) is 2. The first kappa shape index (κ1) is 16.2. The standard InChI is InChI=1S/C15H23BrN2O/c1-11(2)6-8-17-9-7-15(19)18-14-5-4-13(16)10-12(14)3/h4-5,10-11,17H,6-9H2,1-3H3,(H,18,19). The van der Waals surface area contributed by atoms with E-state index in [-0.39, 0.29) is 5.91 Å². The lowest BCUT2D eigenvalue weighted by Crippen LogP contribution is -2.23. The molecule has 19 heavy (non-hydrogen) atoms. The van der Waals surface area contributed by atoms with Gasteiger partial charge in [0.1, 0.15) is 0 Å². The molecular formula is C15H23BrN2O. The molecule has 2 N–H and O–H groups in total. The van der Waals surface area contributed by atoms with Crippen LogP contribution in [0.25, 0.3) is 0 Å². The average Bonchev–Trinajstić information content (AvgIpc) is 2.32. The summed E-state index contributed by atoms with van der Waals surface area (Å²) in [5.41, 5.74) is 1.95. The minimum Gasteiger partial charge on any atom is -0.326 e. The van der Waals surface area contributed by atoms with Crippen LogP contribution in [0.5, 0.6) is 0 Å². The van der Waals surface area contributed by atoms with Gasteiger partial charge < -0.3 is 10.6 Å². The molecule has 0 saturated heterocycles. The minimum absolute atomic E-state index is 0.0578. The lowest BCUT2D eigenvalue weighted by Gasteiger charge is -2.10. The highest BCUT2D eigenvalue weighted by Gasteiger charge is 2.04. The molecule has 4 heteroatoms. The first-order chi connectivity index (χ1) is 8.99. The molecule has 0 heterocycles. The topological polar surface area (TPSA) is 41.1 Å². The van der Waals surface area contributed by atoms with E-state index in [1.54, 1.807) is 0 Å². The Hall–Kier alpha value is -0.870. The van der Waals surface area contributed by atoms with Crippen molar-refractivity contribution in [1.82, 2.24) is 5.32 Å². The number of aryl methyl sites for hydroxylation is 1. The highest BCUT2D eigenvalue weighted by molar-refractivity contribution is 9.10. The van der Waals surface area contributed by atoms with Crippen LogP contribution in [0, 0.1) is 12.8 Å². The Morgan fingerprint density at radius 1 is 1.32 bits per heavy atom. The molecular weight excluding hydrogens is 304 g/mol. The number of rotatable bonds is 7. The number of benzene rings is 1. The van der Waals surface area contributed by atoms with Gasteiger partial charge in [0.2, 0.25) is 5.91 Å². The number of hydrogen-bond donors (Lipinski definition) is 2. The van der Waals surface area contributed by atoms with Crippen LogP contribution in [-0.4, -0.2) is 19.0 Å². The van der Waals surface area contributed by atoms with Gasteiger partial charge in [-0.15, -0.1) is 0 Å². The lowest BCUT2D eigenvalue weighted by molar-refractivity contribution is -0.116. The summed E-state index contributed by atoms with van der Waals surface area (Å²) in [6, 6.07) is 5.85. The van der Waals surface area contributed by atoms with E-state index in [2.05, 4.69) is 40.4 Å². The number of halogens is 1. The van der Waals surface area contributed by atoms with Crippen molar-refractivity contribution in [3.63, 3.8) is 0 Å². The maximum atomic E-state index is 11.8. The summed E-state index contributed by atoms with van der Waals surface area (Å²) < 4.78 is 1.03. The molecule has 0 aromatic heterocycles. The third-order valence-corrected chi connectivity index (χ3v) is 3.38. The van der Waals surface area contributed by atoms with Crippen molar-refractivity contribution in [3.8, 4) is 0 Å². The molecule has 0 fully saturated rings. The van der Waals surface area contributed by atoms with E-state index >= 15 is 0 Å². The summed E-state index contributed by atoms with van der Waals surface area (Å²) in [5.74, 6) is 0.759. The van der Waals surface area contributed by atoms with Crippen molar-refractivity contribution in [2.45, 2.75) is 33.6 Å². The summed E-state index contributed by atoms with van der Waals surface area (Å²) in [6.07, 6.45) is 1.65. The fraction of sp³-hybridized carbons (Fsp3) is 0.533. The van der Waals surface area contributed by atoms with Crippen molar-refractivity contribution in [2.75, 3.05) is 18.4 Å².